The second-order valence-electron chi connectivity index (χ2n) is 6.40. The highest BCUT2D eigenvalue weighted by Gasteiger charge is 2.40. The predicted octanol–water partition coefficient (Wildman–Crippen LogP) is 3.53. The van der Waals surface area contributed by atoms with Gasteiger partial charge >= 0.3 is 0 Å². The quantitative estimate of drug-likeness (QED) is 0.878. The summed E-state index contributed by atoms with van der Waals surface area (Å²) in [5.74, 6) is 2.79. The Morgan fingerprint density at radius 1 is 1.21 bits per heavy atom. The number of nitrogens with two attached hydrogens (primary N) is 1. The maximum atomic E-state index is 6.45. The maximum Gasteiger partial charge on any atom is 0.0971 e. The first kappa shape index (κ1) is 13.1. The molecular formula is C17H25NO. The van der Waals surface area contributed by atoms with Gasteiger partial charge in [0.2, 0.25) is 0 Å². The third-order valence-corrected chi connectivity index (χ3v) is 5.23. The molecule has 5 atom stereocenters. The topological polar surface area (TPSA) is 35.2 Å². The van der Waals surface area contributed by atoms with Gasteiger partial charge in [-0.25, -0.2) is 0 Å². The smallest absolute Gasteiger partial charge is 0.0971 e. The molecule has 3 rings (SSSR count). The van der Waals surface area contributed by atoms with Gasteiger partial charge < -0.3 is 10.5 Å². The lowest BCUT2D eigenvalue weighted by molar-refractivity contribution is 0.0683. The first-order valence-corrected chi connectivity index (χ1v) is 7.61. The first-order valence-electron chi connectivity index (χ1n) is 7.61. The lowest BCUT2D eigenvalue weighted by atomic mass is 9.82. The Morgan fingerprint density at radius 2 is 2.00 bits per heavy atom. The Kier molecular flexibility index (Phi) is 3.90. The highest BCUT2D eigenvalue weighted by Crippen LogP contribution is 2.50. The molecule has 2 aliphatic rings. The fourth-order valence-electron chi connectivity index (χ4n) is 4.34. The SMILES string of the molecule is COC(c1ccccc1)C(N)CC1CC2CCC1C2. The van der Waals surface area contributed by atoms with E-state index in [4.69, 9.17) is 10.5 Å². The molecule has 5 unspecified atom stereocenters. The highest BCUT2D eigenvalue weighted by molar-refractivity contribution is 5.19. The van der Waals surface area contributed by atoms with Crippen molar-refractivity contribution in [1.29, 1.82) is 0 Å². The van der Waals surface area contributed by atoms with Crippen LogP contribution < -0.4 is 5.73 Å². The average molecular weight is 259 g/mol. The zero-order valence-corrected chi connectivity index (χ0v) is 11.8. The van der Waals surface area contributed by atoms with E-state index in [0.717, 1.165) is 24.2 Å². The van der Waals surface area contributed by atoms with E-state index < -0.39 is 0 Å². The molecule has 2 saturated carbocycles. The number of hydrogen-bond donors (Lipinski definition) is 1. The van der Waals surface area contributed by atoms with Crippen LogP contribution in [0.3, 0.4) is 0 Å². The molecule has 0 aromatic heterocycles. The molecule has 0 amide bonds. The van der Waals surface area contributed by atoms with Crippen LogP contribution in [0.25, 0.3) is 0 Å². The van der Waals surface area contributed by atoms with Crippen LogP contribution in [0.1, 0.15) is 43.8 Å². The van der Waals surface area contributed by atoms with Gasteiger partial charge in [-0.2, -0.15) is 0 Å². The summed E-state index contributed by atoms with van der Waals surface area (Å²) in [5.41, 5.74) is 7.66. The van der Waals surface area contributed by atoms with Crippen molar-refractivity contribution < 1.29 is 4.74 Å². The van der Waals surface area contributed by atoms with E-state index in [9.17, 15) is 0 Å². The van der Waals surface area contributed by atoms with Crippen LogP contribution in [-0.2, 0) is 4.74 Å². The first-order chi connectivity index (χ1) is 9.28. The fourth-order valence-corrected chi connectivity index (χ4v) is 4.34. The third-order valence-electron chi connectivity index (χ3n) is 5.23. The second-order valence-corrected chi connectivity index (χ2v) is 6.40. The van der Waals surface area contributed by atoms with E-state index in [-0.39, 0.29) is 12.1 Å². The summed E-state index contributed by atoms with van der Waals surface area (Å²) < 4.78 is 5.66. The van der Waals surface area contributed by atoms with Crippen LogP contribution in [0.2, 0.25) is 0 Å². The van der Waals surface area contributed by atoms with Gasteiger partial charge in [-0.05, 0) is 49.0 Å². The number of rotatable bonds is 5. The molecule has 2 heteroatoms. The van der Waals surface area contributed by atoms with Crippen LogP contribution in [0, 0.1) is 17.8 Å². The van der Waals surface area contributed by atoms with Gasteiger partial charge in [0.15, 0.2) is 0 Å². The molecule has 0 heterocycles. The lowest BCUT2D eigenvalue weighted by Gasteiger charge is -2.29. The zero-order valence-electron chi connectivity index (χ0n) is 11.8. The summed E-state index contributed by atoms with van der Waals surface area (Å²) in [4.78, 5) is 0. The molecule has 0 saturated heterocycles. The molecular weight excluding hydrogens is 234 g/mol. The largest absolute Gasteiger partial charge is 0.375 e. The minimum Gasteiger partial charge on any atom is -0.375 e. The number of fused-ring (bicyclic) bond motifs is 2. The normalized spacial score (nSPS) is 32.4. The predicted molar refractivity (Wildman–Crippen MR) is 77.7 cm³/mol. The Hall–Kier alpha value is -0.860. The summed E-state index contributed by atoms with van der Waals surface area (Å²) in [6, 6.07) is 10.5. The van der Waals surface area contributed by atoms with Crippen LogP contribution in [-0.4, -0.2) is 13.2 Å². The van der Waals surface area contributed by atoms with Gasteiger partial charge in [0.05, 0.1) is 6.10 Å². The summed E-state index contributed by atoms with van der Waals surface area (Å²) in [7, 11) is 1.78. The van der Waals surface area contributed by atoms with Crippen molar-refractivity contribution in [2.75, 3.05) is 7.11 Å². The van der Waals surface area contributed by atoms with E-state index >= 15 is 0 Å². The van der Waals surface area contributed by atoms with Gasteiger partial charge in [0.1, 0.15) is 0 Å². The zero-order chi connectivity index (χ0) is 13.2. The molecule has 0 radical (unpaired) electrons. The molecule has 1 aromatic rings. The van der Waals surface area contributed by atoms with Crippen molar-refractivity contribution in [2.45, 2.75) is 44.2 Å². The molecule has 2 aliphatic carbocycles. The third kappa shape index (κ3) is 2.70. The van der Waals surface area contributed by atoms with Crippen molar-refractivity contribution in [3.05, 3.63) is 35.9 Å². The van der Waals surface area contributed by atoms with E-state index in [2.05, 4.69) is 24.3 Å². The van der Waals surface area contributed by atoms with Gasteiger partial charge in [-0.3, -0.25) is 0 Å². The maximum absolute atomic E-state index is 6.45. The summed E-state index contributed by atoms with van der Waals surface area (Å²) in [6.07, 6.45) is 6.92. The standard InChI is InChI=1S/C17H25NO/c1-19-17(13-5-3-2-4-6-13)16(18)11-15-10-12-7-8-14(15)9-12/h2-6,12,14-17H,7-11,18H2,1H3. The molecule has 2 N–H and O–H groups in total. The van der Waals surface area contributed by atoms with Gasteiger partial charge in [0, 0.05) is 13.2 Å². The second kappa shape index (κ2) is 5.64. The molecule has 2 fully saturated rings. The number of ether oxygens (including phenoxy) is 1. The van der Waals surface area contributed by atoms with Crippen molar-refractivity contribution in [3.63, 3.8) is 0 Å². The summed E-state index contributed by atoms with van der Waals surface area (Å²) >= 11 is 0. The highest BCUT2D eigenvalue weighted by atomic mass is 16.5. The van der Waals surface area contributed by atoms with Crippen LogP contribution in [0.4, 0.5) is 0 Å². The molecule has 2 nitrogen and oxygen atoms in total. The average Bonchev–Trinajstić information content (AvgIpc) is 3.03. The van der Waals surface area contributed by atoms with E-state index in [1.54, 1.807) is 7.11 Å². The minimum absolute atomic E-state index is 0.0420. The van der Waals surface area contributed by atoms with Crippen molar-refractivity contribution in [2.24, 2.45) is 23.5 Å². The van der Waals surface area contributed by atoms with Crippen molar-refractivity contribution in [3.8, 4) is 0 Å². The Morgan fingerprint density at radius 3 is 2.58 bits per heavy atom. The van der Waals surface area contributed by atoms with Crippen molar-refractivity contribution in [1.82, 2.24) is 0 Å². The van der Waals surface area contributed by atoms with Crippen LogP contribution >= 0.6 is 0 Å². The number of hydrogen-bond acceptors (Lipinski definition) is 2. The van der Waals surface area contributed by atoms with Crippen LogP contribution in [0.15, 0.2) is 30.3 Å². The van der Waals surface area contributed by atoms with E-state index in [1.807, 2.05) is 6.07 Å². The molecule has 1 aromatic carbocycles. The van der Waals surface area contributed by atoms with E-state index in [1.165, 1.54) is 31.2 Å². The fraction of sp³-hybridized carbons (Fsp3) is 0.647. The van der Waals surface area contributed by atoms with Gasteiger partial charge in [0.25, 0.3) is 0 Å². The summed E-state index contributed by atoms with van der Waals surface area (Å²) in [6.45, 7) is 0. The van der Waals surface area contributed by atoms with Gasteiger partial charge in [-0.15, -0.1) is 0 Å². The Bertz CT molecular complexity index is 405. The van der Waals surface area contributed by atoms with E-state index in [0.29, 0.717) is 0 Å². The minimum atomic E-state index is 0.0420. The van der Waals surface area contributed by atoms with Gasteiger partial charge in [-0.1, -0.05) is 36.8 Å². The molecule has 19 heavy (non-hydrogen) atoms. The Balaban J connectivity index is 1.64. The molecule has 2 bridgehead atoms. The number of benzene rings is 1. The number of methoxy groups -OCH3 is 1. The van der Waals surface area contributed by atoms with Crippen molar-refractivity contribution >= 4 is 0 Å². The monoisotopic (exact) mass is 259 g/mol. The molecule has 0 spiro atoms. The summed E-state index contributed by atoms with van der Waals surface area (Å²) in [5, 5.41) is 0. The Labute approximate surface area is 116 Å². The molecule has 0 aliphatic heterocycles. The lowest BCUT2D eigenvalue weighted by Crippen LogP contribution is -2.33. The molecule has 104 valence electrons. The van der Waals surface area contributed by atoms with Crippen LogP contribution in [0.5, 0.6) is 0 Å².